The number of carbonyl (C=O) groups is 1. The number of hydrogen-bond acceptors (Lipinski definition) is 4. The molecule has 1 atom stereocenters. The first-order valence-electron chi connectivity index (χ1n) is 9.05. The topological polar surface area (TPSA) is 60.5 Å². The summed E-state index contributed by atoms with van der Waals surface area (Å²) in [7, 11) is 0. The molecule has 0 saturated carbocycles. The number of fused-ring (bicyclic) bond motifs is 1. The van der Waals surface area contributed by atoms with Crippen molar-refractivity contribution >= 4 is 16.9 Å². The number of nitrogens with zero attached hydrogens (tertiary/aromatic N) is 3. The lowest BCUT2D eigenvalue weighted by molar-refractivity contribution is -0.141. The first-order chi connectivity index (χ1) is 12.7. The van der Waals surface area contributed by atoms with E-state index in [-0.39, 0.29) is 18.5 Å². The molecule has 3 heterocycles. The van der Waals surface area contributed by atoms with Gasteiger partial charge in [0.2, 0.25) is 5.91 Å². The van der Waals surface area contributed by atoms with Crippen molar-refractivity contribution in [3.05, 3.63) is 53.7 Å². The summed E-state index contributed by atoms with van der Waals surface area (Å²) in [6.07, 6.45) is 0.784. The monoisotopic (exact) mass is 353 g/mol. The molecule has 1 unspecified atom stereocenters. The van der Waals surface area contributed by atoms with Gasteiger partial charge in [-0.3, -0.25) is 4.79 Å². The number of furan rings is 1. The third kappa shape index (κ3) is 3.01. The molecule has 1 amide bonds. The highest BCUT2D eigenvalue weighted by Gasteiger charge is 2.31. The molecule has 26 heavy (non-hydrogen) atoms. The largest absolute Gasteiger partial charge is 0.464 e. The van der Waals surface area contributed by atoms with Crippen molar-refractivity contribution in [1.29, 1.82) is 0 Å². The smallest absolute Gasteiger partial charge is 0.243 e. The lowest BCUT2D eigenvalue weighted by atomic mass is 10.1. The predicted molar refractivity (Wildman–Crippen MR) is 97.8 cm³/mol. The highest BCUT2D eigenvalue weighted by molar-refractivity contribution is 5.81. The highest BCUT2D eigenvalue weighted by Crippen LogP contribution is 2.27. The number of carbonyl (C=O) groups excluding carboxylic acids is 1. The van der Waals surface area contributed by atoms with Crippen LogP contribution in [0, 0.1) is 6.92 Å². The zero-order valence-electron chi connectivity index (χ0n) is 15.1. The van der Waals surface area contributed by atoms with Crippen LogP contribution in [0.2, 0.25) is 0 Å². The van der Waals surface area contributed by atoms with Gasteiger partial charge in [-0.15, -0.1) is 0 Å². The van der Waals surface area contributed by atoms with Crippen molar-refractivity contribution in [1.82, 2.24) is 14.5 Å². The second kappa shape index (κ2) is 6.96. The quantitative estimate of drug-likeness (QED) is 0.723. The molecule has 6 nitrogen and oxygen atoms in total. The third-order valence-electron chi connectivity index (χ3n) is 4.88. The minimum Gasteiger partial charge on any atom is -0.464 e. The molecule has 0 radical (unpaired) electrons. The molecule has 136 valence electrons. The van der Waals surface area contributed by atoms with Gasteiger partial charge < -0.3 is 18.6 Å². The molecule has 1 saturated heterocycles. The Labute approximate surface area is 152 Å². The van der Waals surface area contributed by atoms with Crippen molar-refractivity contribution in [3.8, 4) is 0 Å². The average molecular weight is 353 g/mol. The van der Waals surface area contributed by atoms with E-state index in [0.717, 1.165) is 34.8 Å². The Hall–Kier alpha value is -2.60. The lowest BCUT2D eigenvalue weighted by Crippen LogP contribution is -2.44. The number of hydrogen-bond donors (Lipinski definition) is 0. The summed E-state index contributed by atoms with van der Waals surface area (Å²) in [4.78, 5) is 19.7. The van der Waals surface area contributed by atoms with Crippen LogP contribution in [0.15, 0.2) is 40.8 Å². The van der Waals surface area contributed by atoms with E-state index < -0.39 is 0 Å². The zero-order chi connectivity index (χ0) is 18.1. The molecule has 1 aromatic carbocycles. The summed E-state index contributed by atoms with van der Waals surface area (Å²) in [6, 6.07) is 11.6. The van der Waals surface area contributed by atoms with E-state index in [1.807, 2.05) is 52.8 Å². The third-order valence-corrected chi connectivity index (χ3v) is 4.88. The fourth-order valence-corrected chi connectivity index (χ4v) is 3.57. The molecule has 3 aromatic rings. The van der Waals surface area contributed by atoms with Crippen molar-refractivity contribution in [2.24, 2.45) is 0 Å². The Kier molecular flexibility index (Phi) is 4.51. The van der Waals surface area contributed by atoms with Gasteiger partial charge >= 0.3 is 0 Å². The van der Waals surface area contributed by atoms with E-state index in [9.17, 15) is 4.79 Å². The van der Waals surface area contributed by atoms with Crippen LogP contribution in [-0.2, 0) is 22.5 Å². The Morgan fingerprint density at radius 2 is 2.12 bits per heavy atom. The van der Waals surface area contributed by atoms with E-state index in [0.29, 0.717) is 19.8 Å². The molecule has 1 fully saturated rings. The molecule has 6 heteroatoms. The predicted octanol–water partition coefficient (Wildman–Crippen LogP) is 3.10. The van der Waals surface area contributed by atoms with Gasteiger partial charge in [-0.2, -0.15) is 0 Å². The second-order valence-electron chi connectivity index (χ2n) is 6.58. The summed E-state index contributed by atoms with van der Waals surface area (Å²) in [6.45, 7) is 5.82. The van der Waals surface area contributed by atoms with Crippen molar-refractivity contribution in [3.63, 3.8) is 0 Å². The fraction of sp³-hybridized carbons (Fsp3) is 0.400. The maximum atomic E-state index is 13.1. The Morgan fingerprint density at radius 3 is 2.88 bits per heavy atom. The number of para-hydroxylation sites is 2. The molecule has 1 aliphatic rings. The molecule has 0 N–H and O–H groups in total. The van der Waals surface area contributed by atoms with Gasteiger partial charge in [-0.25, -0.2) is 4.98 Å². The Balaban J connectivity index is 1.63. The van der Waals surface area contributed by atoms with E-state index in [4.69, 9.17) is 9.15 Å². The lowest BCUT2D eigenvalue weighted by Gasteiger charge is -2.34. The number of ether oxygens (including phenoxy) is 1. The van der Waals surface area contributed by atoms with Gasteiger partial charge in [0.25, 0.3) is 0 Å². The Morgan fingerprint density at radius 1 is 1.27 bits per heavy atom. The molecular formula is C20H23N3O3. The van der Waals surface area contributed by atoms with Gasteiger partial charge in [-0.1, -0.05) is 19.1 Å². The normalized spacial score (nSPS) is 17.8. The van der Waals surface area contributed by atoms with Crippen LogP contribution in [-0.4, -0.2) is 40.1 Å². The van der Waals surface area contributed by atoms with Crippen LogP contribution in [0.5, 0.6) is 0 Å². The minimum atomic E-state index is -0.176. The van der Waals surface area contributed by atoms with Crippen LogP contribution in [0.1, 0.15) is 30.3 Å². The maximum Gasteiger partial charge on any atom is 0.243 e. The van der Waals surface area contributed by atoms with Gasteiger partial charge in [0.15, 0.2) is 0 Å². The second-order valence-corrected chi connectivity index (χ2v) is 6.58. The molecule has 2 aromatic heterocycles. The van der Waals surface area contributed by atoms with Crippen LogP contribution >= 0.6 is 0 Å². The number of rotatable bonds is 4. The molecule has 1 aliphatic heterocycles. The van der Waals surface area contributed by atoms with Crippen molar-refractivity contribution in [2.75, 3.05) is 19.8 Å². The first kappa shape index (κ1) is 16.8. The van der Waals surface area contributed by atoms with Crippen molar-refractivity contribution < 1.29 is 13.9 Å². The molecule has 0 aliphatic carbocycles. The highest BCUT2D eigenvalue weighted by atomic mass is 16.5. The fourth-order valence-electron chi connectivity index (χ4n) is 3.57. The molecule has 0 bridgehead atoms. The number of imidazole rings is 1. The van der Waals surface area contributed by atoms with Gasteiger partial charge in [0, 0.05) is 13.0 Å². The van der Waals surface area contributed by atoms with Crippen LogP contribution < -0.4 is 0 Å². The standard InChI is InChI=1S/C20H23N3O3/c1-3-19-21-15-6-4-5-7-16(15)23(19)12-20(24)22-10-11-25-13-17(22)18-9-8-14(2)26-18/h4-9,17H,3,10-13H2,1-2H3. The van der Waals surface area contributed by atoms with Gasteiger partial charge in [-0.05, 0) is 31.2 Å². The number of amides is 1. The average Bonchev–Trinajstić information content (AvgIpc) is 3.25. The Bertz CT molecular complexity index is 927. The van der Waals surface area contributed by atoms with E-state index in [2.05, 4.69) is 11.9 Å². The van der Waals surface area contributed by atoms with Crippen LogP contribution in [0.4, 0.5) is 0 Å². The summed E-state index contributed by atoms with van der Waals surface area (Å²) in [5, 5.41) is 0. The zero-order valence-corrected chi connectivity index (χ0v) is 15.1. The van der Waals surface area contributed by atoms with E-state index in [1.165, 1.54) is 0 Å². The molecule has 0 spiro atoms. The van der Waals surface area contributed by atoms with E-state index >= 15 is 0 Å². The number of aromatic nitrogens is 2. The van der Waals surface area contributed by atoms with Crippen LogP contribution in [0.3, 0.4) is 0 Å². The molecular weight excluding hydrogens is 330 g/mol. The van der Waals surface area contributed by atoms with Crippen LogP contribution in [0.25, 0.3) is 11.0 Å². The van der Waals surface area contributed by atoms with Gasteiger partial charge in [0.05, 0.1) is 24.2 Å². The maximum absolute atomic E-state index is 13.1. The van der Waals surface area contributed by atoms with E-state index in [1.54, 1.807) is 0 Å². The molecule has 4 rings (SSSR count). The van der Waals surface area contributed by atoms with Gasteiger partial charge in [0.1, 0.15) is 29.9 Å². The number of aryl methyl sites for hydroxylation is 2. The number of morpholine rings is 1. The number of benzene rings is 1. The SMILES string of the molecule is CCc1nc2ccccc2n1CC(=O)N1CCOCC1c1ccc(C)o1. The summed E-state index contributed by atoms with van der Waals surface area (Å²) in [5.74, 6) is 2.61. The summed E-state index contributed by atoms with van der Waals surface area (Å²) in [5.41, 5.74) is 1.92. The minimum absolute atomic E-state index is 0.0604. The van der Waals surface area contributed by atoms with Crippen molar-refractivity contribution in [2.45, 2.75) is 32.9 Å². The summed E-state index contributed by atoms with van der Waals surface area (Å²) < 4.78 is 13.4. The first-order valence-corrected chi connectivity index (χ1v) is 9.05. The summed E-state index contributed by atoms with van der Waals surface area (Å²) >= 11 is 0.